The highest BCUT2D eigenvalue weighted by Crippen LogP contribution is 2.39. The predicted molar refractivity (Wildman–Crippen MR) is 88.5 cm³/mol. The third-order valence-corrected chi connectivity index (χ3v) is 4.39. The molecule has 0 saturated carbocycles. The highest BCUT2D eigenvalue weighted by atomic mass is 16.1. The number of H-pyrrole nitrogens is 2. The zero-order valence-corrected chi connectivity index (χ0v) is 13.4. The second kappa shape index (κ2) is 4.68. The molecule has 118 valence electrons. The summed E-state index contributed by atoms with van der Waals surface area (Å²) < 4.78 is 0. The lowest BCUT2D eigenvalue weighted by molar-refractivity contribution is -0.116. The van der Waals surface area contributed by atoms with Crippen molar-refractivity contribution >= 4 is 22.5 Å². The van der Waals surface area contributed by atoms with Crippen molar-refractivity contribution in [1.82, 2.24) is 20.4 Å². The van der Waals surface area contributed by atoms with E-state index in [1.807, 2.05) is 6.07 Å². The van der Waals surface area contributed by atoms with E-state index in [0.717, 1.165) is 33.5 Å². The van der Waals surface area contributed by atoms with Crippen molar-refractivity contribution in [3.05, 3.63) is 41.3 Å². The summed E-state index contributed by atoms with van der Waals surface area (Å²) in [4.78, 5) is 12.1. The molecule has 1 aromatic carbocycles. The number of fused-ring (bicyclic) bond motifs is 2. The minimum Gasteiger partial charge on any atom is -0.326 e. The molecule has 23 heavy (non-hydrogen) atoms. The lowest BCUT2D eigenvalue weighted by Crippen LogP contribution is -2.23. The van der Waals surface area contributed by atoms with Crippen LogP contribution in [0.4, 0.5) is 5.69 Å². The molecule has 1 unspecified atom stereocenters. The van der Waals surface area contributed by atoms with Gasteiger partial charge in [-0.15, -0.1) is 0 Å². The monoisotopic (exact) mass is 309 g/mol. The summed E-state index contributed by atoms with van der Waals surface area (Å²) in [6, 6.07) is 6.12. The molecular weight excluding hydrogens is 290 g/mol. The fraction of sp³-hybridized carbons (Fsp3) is 0.353. The average molecular weight is 309 g/mol. The maximum absolute atomic E-state index is 12.1. The van der Waals surface area contributed by atoms with Crippen molar-refractivity contribution in [2.24, 2.45) is 0 Å². The highest BCUT2D eigenvalue weighted by Gasteiger charge is 2.29. The van der Waals surface area contributed by atoms with Crippen molar-refractivity contribution < 1.29 is 4.79 Å². The number of nitrogens with one attached hydrogen (secondary N) is 3. The molecule has 6 nitrogen and oxygen atoms in total. The number of hydrogen-bond donors (Lipinski definition) is 3. The largest absolute Gasteiger partial charge is 0.326 e. The van der Waals surface area contributed by atoms with Crippen LogP contribution in [0, 0.1) is 0 Å². The smallest absolute Gasteiger partial charge is 0.225 e. The van der Waals surface area contributed by atoms with Gasteiger partial charge in [-0.05, 0) is 23.8 Å². The van der Waals surface area contributed by atoms with Gasteiger partial charge < -0.3 is 5.32 Å². The van der Waals surface area contributed by atoms with Crippen molar-refractivity contribution in [3.63, 3.8) is 0 Å². The molecule has 0 radical (unpaired) electrons. The summed E-state index contributed by atoms with van der Waals surface area (Å²) in [5, 5.41) is 18.6. The second-order valence-electron chi connectivity index (χ2n) is 7.16. The third kappa shape index (κ3) is 2.30. The van der Waals surface area contributed by atoms with Gasteiger partial charge in [-0.25, -0.2) is 0 Å². The van der Waals surface area contributed by atoms with E-state index in [1.165, 1.54) is 0 Å². The highest BCUT2D eigenvalue weighted by molar-refractivity contribution is 5.98. The van der Waals surface area contributed by atoms with Gasteiger partial charge in [0.15, 0.2) is 0 Å². The Morgan fingerprint density at radius 1 is 1.17 bits per heavy atom. The second-order valence-corrected chi connectivity index (χ2v) is 7.16. The van der Waals surface area contributed by atoms with Crippen molar-refractivity contribution in [3.8, 4) is 0 Å². The number of aromatic nitrogens is 4. The van der Waals surface area contributed by atoms with Crippen molar-refractivity contribution in [2.75, 3.05) is 5.32 Å². The van der Waals surface area contributed by atoms with Crippen LogP contribution in [0.2, 0.25) is 0 Å². The summed E-state index contributed by atoms with van der Waals surface area (Å²) in [5.74, 6) is 0.00919. The Hall–Kier alpha value is -2.63. The van der Waals surface area contributed by atoms with Crippen LogP contribution in [0.5, 0.6) is 0 Å². The number of nitrogens with zero attached hydrogens (tertiary/aromatic N) is 2. The minimum atomic E-state index is -0.0248. The van der Waals surface area contributed by atoms with Gasteiger partial charge in [0.2, 0.25) is 5.91 Å². The number of carbonyl (C=O) groups excluding carboxylic acids is 1. The van der Waals surface area contributed by atoms with Gasteiger partial charge in [0.1, 0.15) is 0 Å². The minimum absolute atomic E-state index is 0.0124. The number of rotatable bonds is 1. The third-order valence-electron chi connectivity index (χ3n) is 4.39. The zero-order chi connectivity index (χ0) is 16.2. The number of carbonyl (C=O) groups is 1. The Morgan fingerprint density at radius 2 is 2.00 bits per heavy atom. The Morgan fingerprint density at radius 3 is 2.74 bits per heavy atom. The van der Waals surface area contributed by atoms with Crippen molar-refractivity contribution in [1.29, 1.82) is 0 Å². The summed E-state index contributed by atoms with van der Waals surface area (Å²) in [7, 11) is 0. The quantitative estimate of drug-likeness (QED) is 0.645. The first-order valence-corrected chi connectivity index (χ1v) is 7.74. The number of anilines is 1. The van der Waals surface area contributed by atoms with Crippen molar-refractivity contribution in [2.45, 2.75) is 38.5 Å². The van der Waals surface area contributed by atoms with Gasteiger partial charge in [0.25, 0.3) is 0 Å². The number of amides is 1. The van der Waals surface area contributed by atoms with Crippen LogP contribution in [-0.4, -0.2) is 26.3 Å². The van der Waals surface area contributed by atoms with Gasteiger partial charge in [0.05, 0.1) is 17.4 Å². The summed E-state index contributed by atoms with van der Waals surface area (Å²) >= 11 is 0. The average Bonchev–Trinajstić information content (AvgIpc) is 3.12. The molecular formula is C17H19N5O. The van der Waals surface area contributed by atoms with Gasteiger partial charge in [-0.3, -0.25) is 15.0 Å². The molecule has 3 heterocycles. The molecule has 6 heteroatoms. The van der Waals surface area contributed by atoms with E-state index in [2.05, 4.69) is 58.6 Å². The Labute approximate surface area is 133 Å². The van der Waals surface area contributed by atoms with Gasteiger partial charge in [0, 0.05) is 34.5 Å². The van der Waals surface area contributed by atoms with E-state index >= 15 is 0 Å². The molecule has 0 aliphatic carbocycles. The summed E-state index contributed by atoms with van der Waals surface area (Å²) in [5.41, 5.74) is 4.82. The van der Waals surface area contributed by atoms with Crippen LogP contribution < -0.4 is 5.32 Å². The summed E-state index contributed by atoms with van der Waals surface area (Å²) in [6.07, 6.45) is 2.22. The summed E-state index contributed by atoms with van der Waals surface area (Å²) in [6.45, 7) is 6.39. The van der Waals surface area contributed by atoms with E-state index in [-0.39, 0.29) is 17.2 Å². The topological polar surface area (TPSA) is 86.5 Å². The van der Waals surface area contributed by atoms with Crippen LogP contribution in [-0.2, 0) is 10.2 Å². The molecule has 1 aliphatic heterocycles. The van der Waals surface area contributed by atoms with Crippen LogP contribution in [0.3, 0.4) is 0 Å². The Bertz CT molecular complexity index is 899. The van der Waals surface area contributed by atoms with Crippen LogP contribution in [0.1, 0.15) is 50.1 Å². The van der Waals surface area contributed by atoms with Crippen LogP contribution >= 0.6 is 0 Å². The van der Waals surface area contributed by atoms with Crippen LogP contribution in [0.25, 0.3) is 10.9 Å². The zero-order valence-electron chi connectivity index (χ0n) is 13.4. The number of benzene rings is 1. The molecule has 0 bridgehead atoms. The van der Waals surface area contributed by atoms with E-state index < -0.39 is 0 Å². The van der Waals surface area contributed by atoms with E-state index in [0.29, 0.717) is 6.42 Å². The first-order valence-electron chi connectivity index (χ1n) is 7.74. The predicted octanol–water partition coefficient (Wildman–Crippen LogP) is 3.06. The number of hydrogen-bond acceptors (Lipinski definition) is 3. The number of aromatic amines is 2. The fourth-order valence-electron chi connectivity index (χ4n) is 3.08. The molecule has 3 aromatic rings. The standard InChI is InChI=1S/C17H19N5O/c1-17(2,3)15-7-14(21-22-15)11-5-16(23)19-13-6-12-9(4-10(11)13)8-18-20-12/h4,6-8,11H,5H2,1-3H3,(H,18,20)(H,19,23)(H,21,22). The van der Waals surface area contributed by atoms with E-state index in [9.17, 15) is 4.79 Å². The lowest BCUT2D eigenvalue weighted by atomic mass is 9.85. The molecule has 1 atom stereocenters. The van der Waals surface area contributed by atoms with E-state index in [4.69, 9.17) is 0 Å². The Kier molecular flexibility index (Phi) is 2.85. The van der Waals surface area contributed by atoms with Gasteiger partial charge >= 0.3 is 0 Å². The lowest BCUT2D eigenvalue weighted by Gasteiger charge is -2.25. The maximum Gasteiger partial charge on any atom is 0.225 e. The van der Waals surface area contributed by atoms with Gasteiger partial charge in [-0.2, -0.15) is 10.2 Å². The van der Waals surface area contributed by atoms with E-state index in [1.54, 1.807) is 6.20 Å². The van der Waals surface area contributed by atoms with Gasteiger partial charge in [-0.1, -0.05) is 20.8 Å². The molecule has 2 aromatic heterocycles. The SMILES string of the molecule is CC(C)(C)c1cc(C2CC(=O)Nc3cc4[nH]ncc4cc32)[nH]n1. The maximum atomic E-state index is 12.1. The fourth-order valence-corrected chi connectivity index (χ4v) is 3.08. The first kappa shape index (κ1) is 14.0. The normalized spacial score (nSPS) is 18.0. The first-order chi connectivity index (χ1) is 10.9. The van der Waals surface area contributed by atoms with Crippen LogP contribution in [0.15, 0.2) is 24.4 Å². The Balaban J connectivity index is 1.83. The molecule has 0 spiro atoms. The molecule has 0 fully saturated rings. The molecule has 1 aliphatic rings. The molecule has 3 N–H and O–H groups in total. The molecule has 1 amide bonds. The molecule has 0 saturated heterocycles. The molecule has 4 rings (SSSR count).